The van der Waals surface area contributed by atoms with Gasteiger partial charge in [0.05, 0.1) is 6.61 Å². The van der Waals surface area contributed by atoms with E-state index in [-0.39, 0.29) is 34.6 Å². The molecule has 0 fully saturated rings. The van der Waals surface area contributed by atoms with E-state index in [2.05, 4.69) is 19.1 Å². The predicted octanol–water partition coefficient (Wildman–Crippen LogP) is 3.28. The van der Waals surface area contributed by atoms with Gasteiger partial charge in [-0.2, -0.15) is 0 Å². The maximum Gasteiger partial charge on any atom is 1.00 e. The summed E-state index contributed by atoms with van der Waals surface area (Å²) in [5.74, 6) is 0. The predicted molar refractivity (Wildman–Crippen MR) is 111 cm³/mol. The van der Waals surface area contributed by atoms with Crippen LogP contribution in [0.3, 0.4) is 0 Å². The van der Waals surface area contributed by atoms with Gasteiger partial charge in [0, 0.05) is 6.42 Å². The van der Waals surface area contributed by atoms with Crippen molar-refractivity contribution in [2.45, 2.75) is 110 Å². The van der Waals surface area contributed by atoms with E-state index in [1.165, 1.54) is 83.5 Å². The molecule has 0 aliphatic heterocycles. The first-order chi connectivity index (χ1) is 11.7. The molecule has 0 amide bonds. The number of rotatable bonds is 18. The second-order valence-corrected chi connectivity index (χ2v) is 7.60. The van der Waals surface area contributed by atoms with Crippen molar-refractivity contribution in [3.8, 4) is 0 Å². The maximum atomic E-state index is 10.7. The maximum absolute atomic E-state index is 10.7. The molecule has 0 unspecified atom stereocenters. The van der Waals surface area contributed by atoms with E-state index in [1.807, 2.05) is 0 Å². The molecule has 0 N–H and O–H groups in total. The van der Waals surface area contributed by atoms with Crippen molar-refractivity contribution in [3.63, 3.8) is 0 Å². The summed E-state index contributed by atoms with van der Waals surface area (Å²) >= 11 is 9.54. The molecule has 0 radical (unpaired) electrons. The zero-order valence-electron chi connectivity index (χ0n) is 16.7. The van der Waals surface area contributed by atoms with Gasteiger partial charge in [-0.15, -0.1) is 12.2 Å². The van der Waals surface area contributed by atoms with Crippen LogP contribution >= 0.6 is 24.4 Å². The van der Waals surface area contributed by atoms with Crippen LogP contribution in [-0.4, -0.2) is 16.7 Å². The standard InChI is InChI=1S/C20H38O2S2.Na/c1-2-3-4-5-6-7-8-9-10-11-12-13-14-15-18-22-20(24)17-16-19(21)23;/h2-18H2,1H3,(H,21,23);/q;+1/p-1. The molecule has 0 aromatic carbocycles. The fourth-order valence-corrected chi connectivity index (χ4v) is 3.05. The first-order valence-electron chi connectivity index (χ1n) is 10.0. The summed E-state index contributed by atoms with van der Waals surface area (Å²) in [6.45, 7) is 2.96. The molecule has 0 spiro atoms. The minimum absolute atomic E-state index is 0. The van der Waals surface area contributed by atoms with Crippen LogP contribution in [-0.2, 0) is 4.74 Å². The third-order valence-electron chi connectivity index (χ3n) is 4.29. The zero-order valence-corrected chi connectivity index (χ0v) is 20.3. The van der Waals surface area contributed by atoms with Crippen molar-refractivity contribution >= 4 is 34.5 Å². The smallest absolute Gasteiger partial charge is 0.867 e. The molecular formula is C20H37NaO2S2. The first-order valence-corrected chi connectivity index (χ1v) is 10.8. The van der Waals surface area contributed by atoms with Crippen LogP contribution in [0.25, 0.3) is 0 Å². The summed E-state index contributed by atoms with van der Waals surface area (Å²) < 4.78 is 5.43. The summed E-state index contributed by atoms with van der Waals surface area (Å²) in [5.41, 5.74) is 0. The Morgan fingerprint density at radius 2 is 1.08 bits per heavy atom. The van der Waals surface area contributed by atoms with E-state index in [0.717, 1.165) is 6.42 Å². The van der Waals surface area contributed by atoms with E-state index in [0.29, 0.717) is 24.5 Å². The van der Waals surface area contributed by atoms with E-state index in [9.17, 15) is 5.11 Å². The molecule has 25 heavy (non-hydrogen) atoms. The molecule has 5 heteroatoms. The van der Waals surface area contributed by atoms with Crippen molar-refractivity contribution in [1.29, 1.82) is 0 Å². The Kier molecular flexibility index (Phi) is 25.6. The van der Waals surface area contributed by atoms with Gasteiger partial charge in [-0.25, -0.2) is 0 Å². The van der Waals surface area contributed by atoms with Gasteiger partial charge in [0.2, 0.25) is 0 Å². The van der Waals surface area contributed by atoms with Crippen LogP contribution < -0.4 is 34.7 Å². The largest absolute Gasteiger partial charge is 1.00 e. The van der Waals surface area contributed by atoms with Gasteiger partial charge in [0.1, 0.15) is 0 Å². The van der Waals surface area contributed by atoms with Crippen molar-refractivity contribution in [2.24, 2.45) is 0 Å². The van der Waals surface area contributed by atoms with E-state index < -0.39 is 0 Å². The number of ether oxygens (including phenoxy) is 1. The van der Waals surface area contributed by atoms with Crippen molar-refractivity contribution in [3.05, 3.63) is 0 Å². The van der Waals surface area contributed by atoms with Gasteiger partial charge in [-0.3, -0.25) is 0 Å². The monoisotopic (exact) mass is 396 g/mol. The quantitative estimate of drug-likeness (QED) is 0.202. The normalized spacial score (nSPS) is 10.3. The van der Waals surface area contributed by atoms with Gasteiger partial charge in [-0.1, -0.05) is 95.4 Å². The Bertz CT molecular complexity index is 312. The van der Waals surface area contributed by atoms with E-state index >= 15 is 0 Å². The molecule has 0 atom stereocenters. The summed E-state index contributed by atoms with van der Waals surface area (Å²) in [4.78, 5) is 0. The second kappa shape index (κ2) is 22.8. The van der Waals surface area contributed by atoms with Crippen molar-refractivity contribution in [2.75, 3.05) is 6.61 Å². The first kappa shape index (κ1) is 28.0. The number of unbranched alkanes of at least 4 members (excludes halogenated alkanes) is 13. The van der Waals surface area contributed by atoms with Gasteiger partial charge in [0.25, 0.3) is 0 Å². The van der Waals surface area contributed by atoms with Crippen LogP contribution in [0.2, 0.25) is 0 Å². The van der Waals surface area contributed by atoms with Crippen LogP contribution in [0.5, 0.6) is 0 Å². The molecule has 142 valence electrons. The third kappa shape index (κ3) is 24.8. The Morgan fingerprint density at radius 1 is 0.680 bits per heavy atom. The minimum Gasteiger partial charge on any atom is -0.867 e. The molecule has 0 aliphatic carbocycles. The summed E-state index contributed by atoms with van der Waals surface area (Å²) in [6.07, 6.45) is 19.8. The molecule has 0 aromatic heterocycles. The molecule has 2 nitrogen and oxygen atoms in total. The Balaban J connectivity index is 0. The molecule has 0 saturated carbocycles. The molecule has 0 heterocycles. The second-order valence-electron chi connectivity index (χ2n) is 6.69. The van der Waals surface area contributed by atoms with Crippen LogP contribution in [0, 0.1) is 0 Å². The molecule has 0 aromatic rings. The molecule has 0 saturated heterocycles. The minimum atomic E-state index is -0.238. The Hall–Kier alpha value is 0.780. The fraction of sp³-hybridized carbons (Fsp3) is 0.900. The topological polar surface area (TPSA) is 32.3 Å². The number of hydrogen-bond acceptors (Lipinski definition) is 4. The summed E-state index contributed by atoms with van der Waals surface area (Å²) in [6, 6.07) is 0. The van der Waals surface area contributed by atoms with Gasteiger partial charge >= 0.3 is 29.6 Å². The Morgan fingerprint density at radius 3 is 1.48 bits per heavy atom. The zero-order chi connectivity index (χ0) is 17.9. The molecule has 0 rings (SSSR count). The van der Waals surface area contributed by atoms with Crippen molar-refractivity contribution in [1.82, 2.24) is 0 Å². The molecular weight excluding hydrogens is 359 g/mol. The average molecular weight is 397 g/mol. The van der Waals surface area contributed by atoms with E-state index in [4.69, 9.17) is 17.0 Å². The van der Waals surface area contributed by atoms with Crippen molar-refractivity contribution < 1.29 is 39.4 Å². The molecule has 0 aliphatic rings. The third-order valence-corrected chi connectivity index (χ3v) is 4.82. The van der Waals surface area contributed by atoms with Crippen LogP contribution in [0.4, 0.5) is 0 Å². The van der Waals surface area contributed by atoms with Crippen LogP contribution in [0.1, 0.15) is 110 Å². The number of thiocarbonyl (C=S) groups is 2. The summed E-state index contributed by atoms with van der Waals surface area (Å²) in [7, 11) is 0. The SMILES string of the molecule is CCCCCCCCCCCCCCCCOC(=S)CCC([O-])=S.[Na+]. The molecule has 0 bridgehead atoms. The average Bonchev–Trinajstić information content (AvgIpc) is 2.56. The van der Waals surface area contributed by atoms with E-state index in [1.54, 1.807) is 0 Å². The van der Waals surface area contributed by atoms with Gasteiger partial charge < -0.3 is 9.84 Å². The number of hydrogen-bond donors (Lipinski definition) is 0. The van der Waals surface area contributed by atoms with Gasteiger partial charge in [-0.05, 0) is 25.1 Å². The van der Waals surface area contributed by atoms with Crippen LogP contribution in [0.15, 0.2) is 0 Å². The van der Waals surface area contributed by atoms with Gasteiger partial charge in [0.15, 0.2) is 5.05 Å². The summed E-state index contributed by atoms with van der Waals surface area (Å²) in [5, 5.41) is 11.0. The fourth-order valence-electron chi connectivity index (χ4n) is 2.76. The Labute approximate surface area is 189 Å².